The van der Waals surface area contributed by atoms with Crippen molar-refractivity contribution in [3.05, 3.63) is 28.5 Å². The molecule has 118 valence electrons. The maximum absolute atomic E-state index is 13.3. The summed E-state index contributed by atoms with van der Waals surface area (Å²) < 4.78 is 13.6. The Bertz CT molecular complexity index is 514. The first-order valence-corrected chi connectivity index (χ1v) is 6.88. The molecule has 0 saturated carbocycles. The van der Waals surface area contributed by atoms with Crippen molar-refractivity contribution in [3.8, 4) is 0 Å². The maximum atomic E-state index is 13.3. The summed E-state index contributed by atoms with van der Waals surface area (Å²) >= 11 is 3.02. The molecule has 4 N–H and O–H groups in total. The predicted octanol–water partition coefficient (Wildman–Crippen LogP) is 2.05. The Morgan fingerprint density at radius 3 is 2.52 bits per heavy atom. The van der Waals surface area contributed by atoms with Gasteiger partial charge in [-0.25, -0.2) is 4.39 Å². The van der Waals surface area contributed by atoms with Crippen LogP contribution in [0.2, 0.25) is 0 Å². The first-order chi connectivity index (χ1) is 9.31. The SMILES string of the molecule is CC(C)[C@H](N)C(=O)NCC(=O)Nc1ccc(Br)c(F)c1.Cl. The lowest BCUT2D eigenvalue weighted by Crippen LogP contribution is -2.46. The number of nitrogens with two attached hydrogens (primary N) is 1. The molecule has 5 nitrogen and oxygen atoms in total. The van der Waals surface area contributed by atoms with Gasteiger partial charge in [0.05, 0.1) is 17.1 Å². The zero-order valence-corrected chi connectivity index (χ0v) is 14.1. The molecule has 1 rings (SSSR count). The number of halogens is 3. The van der Waals surface area contributed by atoms with Crippen molar-refractivity contribution in [2.75, 3.05) is 11.9 Å². The second-order valence-electron chi connectivity index (χ2n) is 4.66. The van der Waals surface area contributed by atoms with Gasteiger partial charge in [0.15, 0.2) is 0 Å². The van der Waals surface area contributed by atoms with Crippen molar-refractivity contribution in [1.29, 1.82) is 0 Å². The number of rotatable bonds is 5. The molecule has 21 heavy (non-hydrogen) atoms. The van der Waals surface area contributed by atoms with Crippen LogP contribution in [0, 0.1) is 11.7 Å². The lowest BCUT2D eigenvalue weighted by molar-refractivity contribution is -0.125. The van der Waals surface area contributed by atoms with Crippen molar-refractivity contribution in [2.24, 2.45) is 11.7 Å². The van der Waals surface area contributed by atoms with Gasteiger partial charge in [-0.05, 0) is 40.0 Å². The molecule has 2 amide bonds. The normalized spacial score (nSPS) is 11.5. The summed E-state index contributed by atoms with van der Waals surface area (Å²) in [5.41, 5.74) is 5.95. The van der Waals surface area contributed by atoms with Gasteiger partial charge in [0.25, 0.3) is 0 Å². The van der Waals surface area contributed by atoms with Crippen LogP contribution in [0.15, 0.2) is 22.7 Å². The molecule has 0 spiro atoms. The number of hydrogen-bond donors (Lipinski definition) is 3. The quantitative estimate of drug-likeness (QED) is 0.729. The molecule has 0 aromatic heterocycles. The number of amides is 2. The van der Waals surface area contributed by atoms with Crippen LogP contribution in [0.1, 0.15) is 13.8 Å². The third kappa shape index (κ3) is 6.41. The van der Waals surface area contributed by atoms with E-state index in [4.69, 9.17) is 5.73 Å². The van der Waals surface area contributed by atoms with E-state index in [0.717, 1.165) is 0 Å². The standard InChI is InChI=1S/C13H17BrFN3O2.ClH/c1-7(2)12(16)13(20)17-6-11(19)18-8-3-4-9(14)10(15)5-8;/h3-5,7,12H,6,16H2,1-2H3,(H,17,20)(H,18,19);1H/t12-;/m0./s1. The van der Waals surface area contributed by atoms with Gasteiger partial charge in [-0.15, -0.1) is 12.4 Å². The van der Waals surface area contributed by atoms with E-state index < -0.39 is 23.7 Å². The van der Waals surface area contributed by atoms with Crippen molar-refractivity contribution in [3.63, 3.8) is 0 Å². The molecule has 0 aliphatic carbocycles. The van der Waals surface area contributed by atoms with E-state index >= 15 is 0 Å². The molecule has 1 aromatic carbocycles. The maximum Gasteiger partial charge on any atom is 0.243 e. The number of carbonyl (C=O) groups excluding carboxylic acids is 2. The highest BCUT2D eigenvalue weighted by Crippen LogP contribution is 2.19. The Morgan fingerprint density at radius 1 is 1.38 bits per heavy atom. The molecule has 0 fully saturated rings. The molecule has 1 aromatic rings. The molecular weight excluding hydrogens is 365 g/mol. The summed E-state index contributed by atoms with van der Waals surface area (Å²) in [5, 5.41) is 4.91. The summed E-state index contributed by atoms with van der Waals surface area (Å²) in [6.45, 7) is 3.42. The largest absolute Gasteiger partial charge is 0.346 e. The zero-order valence-electron chi connectivity index (χ0n) is 11.7. The van der Waals surface area contributed by atoms with E-state index in [1.165, 1.54) is 12.1 Å². The fourth-order valence-electron chi connectivity index (χ4n) is 1.37. The summed E-state index contributed by atoms with van der Waals surface area (Å²) in [5.74, 6) is -1.33. The van der Waals surface area contributed by atoms with Crippen molar-refractivity contribution in [1.82, 2.24) is 5.32 Å². The van der Waals surface area contributed by atoms with Crippen LogP contribution in [-0.2, 0) is 9.59 Å². The van der Waals surface area contributed by atoms with Crippen molar-refractivity contribution in [2.45, 2.75) is 19.9 Å². The zero-order chi connectivity index (χ0) is 15.3. The first kappa shape index (κ1) is 19.8. The Labute approximate surface area is 137 Å². The van der Waals surface area contributed by atoms with Crippen LogP contribution in [0.5, 0.6) is 0 Å². The number of benzene rings is 1. The highest BCUT2D eigenvalue weighted by molar-refractivity contribution is 9.10. The second kappa shape index (κ2) is 8.96. The second-order valence-corrected chi connectivity index (χ2v) is 5.52. The molecule has 0 heterocycles. The summed E-state index contributed by atoms with van der Waals surface area (Å²) in [4.78, 5) is 23.2. The van der Waals surface area contributed by atoms with Crippen LogP contribution < -0.4 is 16.4 Å². The van der Waals surface area contributed by atoms with E-state index in [1.807, 2.05) is 13.8 Å². The molecule has 0 saturated heterocycles. The van der Waals surface area contributed by atoms with Crippen molar-refractivity contribution < 1.29 is 14.0 Å². The van der Waals surface area contributed by atoms with Crippen molar-refractivity contribution >= 4 is 45.8 Å². The molecule has 0 radical (unpaired) electrons. The molecule has 0 unspecified atom stereocenters. The molecule has 0 aliphatic rings. The van der Waals surface area contributed by atoms with Crippen LogP contribution >= 0.6 is 28.3 Å². The van der Waals surface area contributed by atoms with E-state index in [2.05, 4.69) is 26.6 Å². The monoisotopic (exact) mass is 381 g/mol. The van der Waals surface area contributed by atoms with Crippen LogP contribution in [0.4, 0.5) is 10.1 Å². The Morgan fingerprint density at radius 2 is 2.00 bits per heavy atom. The summed E-state index contributed by atoms with van der Waals surface area (Å²) in [7, 11) is 0. The minimum Gasteiger partial charge on any atom is -0.346 e. The fourth-order valence-corrected chi connectivity index (χ4v) is 1.61. The number of nitrogens with one attached hydrogen (secondary N) is 2. The molecule has 0 bridgehead atoms. The van der Waals surface area contributed by atoms with Gasteiger partial charge in [-0.1, -0.05) is 13.8 Å². The van der Waals surface area contributed by atoms with E-state index in [1.54, 1.807) is 6.07 Å². The van der Waals surface area contributed by atoms with Gasteiger partial charge in [0.2, 0.25) is 11.8 Å². The van der Waals surface area contributed by atoms with Gasteiger partial charge < -0.3 is 16.4 Å². The fraction of sp³-hybridized carbons (Fsp3) is 0.385. The highest BCUT2D eigenvalue weighted by Gasteiger charge is 2.17. The number of carbonyl (C=O) groups is 2. The van der Waals surface area contributed by atoms with Crippen LogP contribution in [-0.4, -0.2) is 24.4 Å². The van der Waals surface area contributed by atoms with Gasteiger partial charge in [-0.2, -0.15) is 0 Å². The van der Waals surface area contributed by atoms with Crippen LogP contribution in [0.25, 0.3) is 0 Å². The van der Waals surface area contributed by atoms with Crippen LogP contribution in [0.3, 0.4) is 0 Å². The molecule has 1 atom stereocenters. The predicted molar refractivity (Wildman–Crippen MR) is 85.8 cm³/mol. The smallest absolute Gasteiger partial charge is 0.243 e. The number of hydrogen-bond acceptors (Lipinski definition) is 3. The van der Waals surface area contributed by atoms with Gasteiger partial charge in [-0.3, -0.25) is 9.59 Å². The first-order valence-electron chi connectivity index (χ1n) is 6.09. The average molecular weight is 383 g/mol. The molecule has 0 aliphatic heterocycles. The average Bonchev–Trinajstić information content (AvgIpc) is 2.39. The van der Waals surface area contributed by atoms with E-state index in [9.17, 15) is 14.0 Å². The van der Waals surface area contributed by atoms with E-state index in [-0.39, 0.29) is 24.9 Å². The highest BCUT2D eigenvalue weighted by atomic mass is 79.9. The van der Waals surface area contributed by atoms with Gasteiger partial charge >= 0.3 is 0 Å². The van der Waals surface area contributed by atoms with E-state index in [0.29, 0.717) is 10.2 Å². The summed E-state index contributed by atoms with van der Waals surface area (Å²) in [6, 6.07) is 3.56. The minimum atomic E-state index is -0.659. The topological polar surface area (TPSA) is 84.2 Å². The number of anilines is 1. The minimum absolute atomic E-state index is 0. The summed E-state index contributed by atoms with van der Waals surface area (Å²) in [6.07, 6.45) is 0. The van der Waals surface area contributed by atoms with Gasteiger partial charge in [0, 0.05) is 5.69 Å². The lowest BCUT2D eigenvalue weighted by atomic mass is 10.1. The third-order valence-corrected chi connectivity index (χ3v) is 3.29. The Kier molecular flexibility index (Phi) is 8.46. The lowest BCUT2D eigenvalue weighted by Gasteiger charge is -2.15. The third-order valence-electron chi connectivity index (χ3n) is 2.65. The molecular formula is C13H18BrClFN3O2. The van der Waals surface area contributed by atoms with Gasteiger partial charge in [0.1, 0.15) is 5.82 Å². The Hall–Kier alpha value is -1.18. The Balaban J connectivity index is 0.00000400. The molecule has 8 heteroatoms.